The molecule has 21 heavy (non-hydrogen) atoms. The van der Waals surface area contributed by atoms with E-state index in [1.54, 1.807) is 0 Å². The summed E-state index contributed by atoms with van der Waals surface area (Å²) in [6, 6.07) is 3.57. The second-order valence-corrected chi connectivity index (χ2v) is 6.71. The van der Waals surface area contributed by atoms with Gasteiger partial charge >= 0.3 is 0 Å². The van der Waals surface area contributed by atoms with Crippen molar-refractivity contribution in [1.82, 2.24) is 4.72 Å². The van der Waals surface area contributed by atoms with Crippen molar-refractivity contribution >= 4 is 10.0 Å². The molecule has 0 aliphatic heterocycles. The first-order valence-corrected chi connectivity index (χ1v) is 8.31. The average Bonchev–Trinajstić information content (AvgIpc) is 2.42. The Morgan fingerprint density at radius 2 is 2.05 bits per heavy atom. The molecule has 1 aromatic rings. The van der Waals surface area contributed by atoms with Gasteiger partial charge in [0, 0.05) is 11.6 Å². The SMILES string of the molecule is CCC(NS(=O)(=O)c1ccc(C#CCN)cc1F)C(C)C. The van der Waals surface area contributed by atoms with Gasteiger partial charge in [-0.05, 0) is 30.5 Å². The first-order chi connectivity index (χ1) is 9.81. The second-order valence-electron chi connectivity index (χ2n) is 5.03. The Labute approximate surface area is 126 Å². The van der Waals surface area contributed by atoms with Crippen LogP contribution in [0, 0.1) is 23.6 Å². The Hall–Kier alpha value is -1.42. The molecule has 0 bridgehead atoms. The van der Waals surface area contributed by atoms with Gasteiger partial charge in [0.1, 0.15) is 10.7 Å². The smallest absolute Gasteiger partial charge is 0.243 e. The van der Waals surface area contributed by atoms with Crippen LogP contribution in [0.15, 0.2) is 23.1 Å². The molecule has 0 aromatic heterocycles. The quantitative estimate of drug-likeness (QED) is 0.815. The highest BCUT2D eigenvalue weighted by molar-refractivity contribution is 7.89. The van der Waals surface area contributed by atoms with Gasteiger partial charge in [-0.15, -0.1) is 0 Å². The van der Waals surface area contributed by atoms with Crippen molar-refractivity contribution in [3.63, 3.8) is 0 Å². The lowest BCUT2D eigenvalue weighted by Crippen LogP contribution is -2.38. The molecule has 1 atom stereocenters. The van der Waals surface area contributed by atoms with Crippen LogP contribution < -0.4 is 10.5 Å². The third-order valence-corrected chi connectivity index (χ3v) is 4.63. The number of hydrogen-bond acceptors (Lipinski definition) is 3. The summed E-state index contributed by atoms with van der Waals surface area (Å²) >= 11 is 0. The standard InChI is InChI=1S/C15H21FN2O2S/c1-4-14(11(2)3)18-21(19,20)15-8-7-12(6-5-9-17)10-13(15)16/h7-8,10-11,14,18H,4,9,17H2,1-3H3. The number of nitrogens with two attached hydrogens (primary N) is 1. The zero-order valence-electron chi connectivity index (χ0n) is 12.5. The van der Waals surface area contributed by atoms with Gasteiger partial charge in [0.25, 0.3) is 0 Å². The van der Waals surface area contributed by atoms with Crippen LogP contribution in [-0.2, 0) is 10.0 Å². The van der Waals surface area contributed by atoms with E-state index in [2.05, 4.69) is 16.6 Å². The second kappa shape index (κ2) is 7.55. The van der Waals surface area contributed by atoms with Crippen LogP contribution in [0.25, 0.3) is 0 Å². The van der Waals surface area contributed by atoms with E-state index >= 15 is 0 Å². The van der Waals surface area contributed by atoms with Gasteiger partial charge in [-0.3, -0.25) is 0 Å². The van der Waals surface area contributed by atoms with Crippen LogP contribution in [0.5, 0.6) is 0 Å². The van der Waals surface area contributed by atoms with Crippen LogP contribution in [-0.4, -0.2) is 21.0 Å². The van der Waals surface area contributed by atoms with Crippen molar-refractivity contribution in [1.29, 1.82) is 0 Å². The fraction of sp³-hybridized carbons (Fsp3) is 0.467. The summed E-state index contributed by atoms with van der Waals surface area (Å²) in [4.78, 5) is -0.361. The predicted octanol–water partition coefficient (Wildman–Crippen LogP) is 1.85. The van der Waals surface area contributed by atoms with Gasteiger partial charge in [-0.25, -0.2) is 17.5 Å². The molecule has 1 unspecified atom stereocenters. The molecular weight excluding hydrogens is 291 g/mol. The lowest BCUT2D eigenvalue weighted by atomic mass is 10.0. The first kappa shape index (κ1) is 17.6. The zero-order chi connectivity index (χ0) is 16.0. The van der Waals surface area contributed by atoms with Gasteiger partial charge in [-0.1, -0.05) is 32.6 Å². The molecule has 0 heterocycles. The summed E-state index contributed by atoms with van der Waals surface area (Å²) in [7, 11) is -3.88. The number of hydrogen-bond donors (Lipinski definition) is 2. The van der Waals surface area contributed by atoms with E-state index in [-0.39, 0.29) is 23.4 Å². The topological polar surface area (TPSA) is 72.2 Å². The molecule has 0 aliphatic rings. The fourth-order valence-corrected chi connectivity index (χ4v) is 3.43. The van der Waals surface area contributed by atoms with Gasteiger partial charge in [0.05, 0.1) is 6.54 Å². The summed E-state index contributed by atoms with van der Waals surface area (Å²) in [5, 5.41) is 0. The third kappa shape index (κ3) is 4.81. The number of sulfonamides is 1. The monoisotopic (exact) mass is 312 g/mol. The number of nitrogens with one attached hydrogen (secondary N) is 1. The van der Waals surface area contributed by atoms with Gasteiger partial charge in [0.2, 0.25) is 10.0 Å². The highest BCUT2D eigenvalue weighted by Gasteiger charge is 2.24. The summed E-state index contributed by atoms with van der Waals surface area (Å²) < 4.78 is 41.0. The Balaban J connectivity index is 3.09. The van der Waals surface area contributed by atoms with Crippen LogP contribution >= 0.6 is 0 Å². The molecule has 1 aromatic carbocycles. The number of rotatable bonds is 5. The maximum absolute atomic E-state index is 14.0. The molecule has 0 fully saturated rings. The Kier molecular flexibility index (Phi) is 6.34. The highest BCUT2D eigenvalue weighted by Crippen LogP contribution is 2.18. The van der Waals surface area contributed by atoms with Crippen molar-refractivity contribution in [2.24, 2.45) is 11.7 Å². The highest BCUT2D eigenvalue weighted by atomic mass is 32.2. The van der Waals surface area contributed by atoms with Crippen molar-refractivity contribution in [2.45, 2.75) is 38.1 Å². The molecule has 0 radical (unpaired) electrons. The molecule has 0 saturated carbocycles. The van der Waals surface area contributed by atoms with Gasteiger partial charge in [-0.2, -0.15) is 0 Å². The lowest BCUT2D eigenvalue weighted by molar-refractivity contribution is 0.435. The maximum Gasteiger partial charge on any atom is 0.243 e. The van der Waals surface area contributed by atoms with E-state index < -0.39 is 15.8 Å². The first-order valence-electron chi connectivity index (χ1n) is 6.82. The minimum Gasteiger partial charge on any atom is -0.320 e. The summed E-state index contributed by atoms with van der Waals surface area (Å²) in [5.74, 6) is 4.57. The van der Waals surface area contributed by atoms with Crippen LogP contribution in [0.2, 0.25) is 0 Å². The van der Waals surface area contributed by atoms with Crippen molar-refractivity contribution in [3.8, 4) is 11.8 Å². The largest absolute Gasteiger partial charge is 0.320 e. The number of halogens is 1. The summed E-state index contributed by atoms with van der Waals surface area (Å²) in [5.41, 5.74) is 5.63. The molecule has 0 spiro atoms. The molecule has 0 saturated heterocycles. The molecule has 116 valence electrons. The molecule has 6 heteroatoms. The van der Waals surface area contributed by atoms with Crippen LogP contribution in [0.4, 0.5) is 4.39 Å². The lowest BCUT2D eigenvalue weighted by Gasteiger charge is -2.20. The Morgan fingerprint density at radius 1 is 1.38 bits per heavy atom. The van der Waals surface area contributed by atoms with Crippen molar-refractivity contribution < 1.29 is 12.8 Å². The minimum atomic E-state index is -3.88. The average molecular weight is 312 g/mol. The molecule has 0 amide bonds. The molecule has 0 aliphatic carbocycles. The van der Waals surface area contributed by atoms with Crippen molar-refractivity contribution in [2.75, 3.05) is 6.54 Å². The van der Waals surface area contributed by atoms with E-state index in [1.165, 1.54) is 12.1 Å². The van der Waals surface area contributed by atoms with E-state index in [9.17, 15) is 12.8 Å². The predicted molar refractivity (Wildman–Crippen MR) is 81.6 cm³/mol. The maximum atomic E-state index is 14.0. The van der Waals surface area contributed by atoms with E-state index in [0.29, 0.717) is 12.0 Å². The zero-order valence-corrected chi connectivity index (χ0v) is 13.3. The van der Waals surface area contributed by atoms with E-state index in [4.69, 9.17) is 5.73 Å². The van der Waals surface area contributed by atoms with Gasteiger partial charge in [0.15, 0.2) is 0 Å². The summed E-state index contributed by atoms with van der Waals surface area (Å²) in [6.07, 6.45) is 0.637. The summed E-state index contributed by atoms with van der Waals surface area (Å²) in [6.45, 7) is 5.88. The minimum absolute atomic E-state index is 0.127. The Bertz CT molecular complexity index is 645. The molecule has 4 nitrogen and oxygen atoms in total. The number of benzene rings is 1. The molecular formula is C15H21FN2O2S. The Morgan fingerprint density at radius 3 is 2.52 bits per heavy atom. The van der Waals surface area contributed by atoms with Crippen LogP contribution in [0.1, 0.15) is 32.8 Å². The van der Waals surface area contributed by atoms with Crippen molar-refractivity contribution in [3.05, 3.63) is 29.6 Å². The third-order valence-electron chi connectivity index (χ3n) is 3.11. The molecule has 3 N–H and O–H groups in total. The van der Waals surface area contributed by atoms with Gasteiger partial charge < -0.3 is 5.73 Å². The molecule has 1 rings (SSSR count). The normalized spacial score (nSPS) is 12.9. The fourth-order valence-electron chi connectivity index (χ4n) is 1.90. The van der Waals surface area contributed by atoms with E-state index in [1.807, 2.05) is 20.8 Å². The van der Waals surface area contributed by atoms with E-state index in [0.717, 1.165) is 6.07 Å². The van der Waals surface area contributed by atoms with Crippen LogP contribution in [0.3, 0.4) is 0 Å².